The van der Waals surface area contributed by atoms with Crippen molar-refractivity contribution in [3.05, 3.63) is 41.5 Å². The summed E-state index contributed by atoms with van der Waals surface area (Å²) in [5.41, 5.74) is 1.88. The van der Waals surface area contributed by atoms with E-state index in [1.807, 2.05) is 6.07 Å². The molecular weight excluding hydrogens is 417 g/mol. The minimum absolute atomic E-state index is 0.191. The van der Waals surface area contributed by atoms with Gasteiger partial charge in [0.2, 0.25) is 0 Å². The van der Waals surface area contributed by atoms with Gasteiger partial charge in [-0.3, -0.25) is 9.69 Å². The summed E-state index contributed by atoms with van der Waals surface area (Å²) in [6.07, 6.45) is 9.51. The van der Waals surface area contributed by atoms with Crippen molar-refractivity contribution < 1.29 is 19.0 Å². The fraction of sp³-hybridized carbons (Fsp3) is 0.607. The first kappa shape index (κ1) is 22.6. The van der Waals surface area contributed by atoms with Crippen LogP contribution in [0.4, 0.5) is 4.39 Å². The van der Waals surface area contributed by atoms with Gasteiger partial charge in [-0.15, -0.1) is 0 Å². The molecule has 0 aromatic heterocycles. The van der Waals surface area contributed by atoms with Gasteiger partial charge in [-0.05, 0) is 85.8 Å². The number of carboxylic acids is 1. The second-order valence-electron chi connectivity index (χ2n) is 10.6. The van der Waals surface area contributed by atoms with E-state index in [-0.39, 0.29) is 12.0 Å². The van der Waals surface area contributed by atoms with Crippen molar-refractivity contribution in [2.75, 3.05) is 0 Å². The van der Waals surface area contributed by atoms with E-state index in [4.69, 9.17) is 4.74 Å². The second kappa shape index (κ2) is 9.61. The average molecular weight is 454 g/mol. The second-order valence-corrected chi connectivity index (χ2v) is 10.6. The molecule has 0 radical (unpaired) electrons. The highest BCUT2D eigenvalue weighted by atomic mass is 19.1. The topological polar surface area (TPSA) is 49.8 Å². The van der Waals surface area contributed by atoms with Crippen LogP contribution in [0.15, 0.2) is 30.3 Å². The highest BCUT2D eigenvalue weighted by Gasteiger charge is 2.40. The summed E-state index contributed by atoms with van der Waals surface area (Å²) in [6.45, 7) is 2.60. The van der Waals surface area contributed by atoms with Crippen LogP contribution in [-0.2, 0) is 18.0 Å². The lowest BCUT2D eigenvalue weighted by molar-refractivity contribution is -0.146. The Morgan fingerprint density at radius 2 is 1.79 bits per heavy atom. The third kappa shape index (κ3) is 4.75. The summed E-state index contributed by atoms with van der Waals surface area (Å²) in [5, 5.41) is 11.5. The van der Waals surface area contributed by atoms with Gasteiger partial charge in [-0.1, -0.05) is 31.5 Å². The Balaban J connectivity index is 1.34. The monoisotopic (exact) mass is 453 g/mol. The number of fused-ring (bicyclic) bond motifs is 3. The normalized spacial score (nSPS) is 30.3. The lowest BCUT2D eigenvalue weighted by atomic mass is 9.78. The Hall–Kier alpha value is -2.14. The van der Waals surface area contributed by atoms with Crippen LogP contribution >= 0.6 is 0 Å². The lowest BCUT2D eigenvalue weighted by Crippen LogP contribution is -2.52. The number of aliphatic carboxylic acids is 1. The molecule has 178 valence electrons. The SMILES string of the molecule is CC1CCC(Oc2ccc3cc(CN4C5CCCC4CC(C(=O)O)C5)ccc3c2CF)CC1. The summed E-state index contributed by atoms with van der Waals surface area (Å²) in [6, 6.07) is 11.1. The standard InChI is InChI=1S/C28H36FNO3/c1-18-5-9-24(10-6-18)33-27-12-8-20-13-19(7-11-25(20)26(27)16-29)17-30-22-3-2-4-23(30)15-21(14-22)28(31)32/h7-8,11-13,18,21-24H,2-6,9-10,14-17H2,1H3,(H,31,32). The van der Waals surface area contributed by atoms with Crippen molar-refractivity contribution in [3.8, 4) is 5.75 Å². The van der Waals surface area contributed by atoms with Crippen molar-refractivity contribution >= 4 is 16.7 Å². The molecule has 2 saturated heterocycles. The van der Waals surface area contributed by atoms with E-state index in [0.717, 1.165) is 61.8 Å². The number of hydrogen-bond donors (Lipinski definition) is 1. The predicted octanol–water partition coefficient (Wildman–Crippen LogP) is 6.48. The fourth-order valence-electron chi connectivity index (χ4n) is 6.45. The molecule has 2 heterocycles. The molecule has 4 nitrogen and oxygen atoms in total. The molecule has 1 N–H and O–H groups in total. The summed E-state index contributed by atoms with van der Waals surface area (Å²) in [4.78, 5) is 14.1. The fourth-order valence-corrected chi connectivity index (χ4v) is 6.45. The molecule has 2 aromatic rings. The van der Waals surface area contributed by atoms with Gasteiger partial charge in [0.1, 0.15) is 12.4 Å². The predicted molar refractivity (Wildman–Crippen MR) is 128 cm³/mol. The van der Waals surface area contributed by atoms with Crippen LogP contribution in [0, 0.1) is 11.8 Å². The Labute approximate surface area is 196 Å². The minimum Gasteiger partial charge on any atom is -0.490 e. The van der Waals surface area contributed by atoms with Gasteiger partial charge < -0.3 is 9.84 Å². The van der Waals surface area contributed by atoms with Crippen molar-refractivity contribution in [2.45, 2.75) is 96.1 Å². The third-order valence-corrected chi connectivity index (χ3v) is 8.38. The zero-order valence-electron chi connectivity index (χ0n) is 19.6. The van der Waals surface area contributed by atoms with E-state index in [2.05, 4.69) is 36.1 Å². The summed E-state index contributed by atoms with van der Waals surface area (Å²) in [7, 11) is 0. The molecule has 2 aromatic carbocycles. The van der Waals surface area contributed by atoms with Gasteiger partial charge in [-0.2, -0.15) is 0 Å². The third-order valence-electron chi connectivity index (χ3n) is 8.38. The first-order chi connectivity index (χ1) is 16.0. The van der Waals surface area contributed by atoms with Gasteiger partial charge in [0.15, 0.2) is 0 Å². The Bertz CT molecular complexity index is 986. The minimum atomic E-state index is -0.642. The first-order valence-corrected chi connectivity index (χ1v) is 12.8. The summed E-state index contributed by atoms with van der Waals surface area (Å²) < 4.78 is 20.4. The van der Waals surface area contributed by atoms with Crippen molar-refractivity contribution in [1.82, 2.24) is 4.90 Å². The van der Waals surface area contributed by atoms with Crippen LogP contribution in [0.1, 0.15) is 75.8 Å². The molecule has 1 saturated carbocycles. The molecule has 33 heavy (non-hydrogen) atoms. The number of alkyl halides is 1. The number of benzene rings is 2. The molecule has 2 unspecified atom stereocenters. The van der Waals surface area contributed by atoms with E-state index in [9.17, 15) is 14.3 Å². The maximum atomic E-state index is 14.1. The van der Waals surface area contributed by atoms with Gasteiger partial charge in [0.05, 0.1) is 12.0 Å². The molecule has 2 atom stereocenters. The first-order valence-electron chi connectivity index (χ1n) is 12.8. The van der Waals surface area contributed by atoms with E-state index >= 15 is 0 Å². The molecule has 0 spiro atoms. The number of hydrogen-bond acceptors (Lipinski definition) is 3. The molecule has 2 aliphatic heterocycles. The molecule has 5 heteroatoms. The van der Waals surface area contributed by atoms with E-state index in [1.165, 1.54) is 24.8 Å². The van der Waals surface area contributed by atoms with Crippen LogP contribution in [0.25, 0.3) is 10.8 Å². The van der Waals surface area contributed by atoms with Crippen molar-refractivity contribution in [2.24, 2.45) is 11.8 Å². The molecule has 1 aliphatic carbocycles. The maximum Gasteiger partial charge on any atom is 0.306 e. The summed E-state index contributed by atoms with van der Waals surface area (Å²) in [5.74, 6) is 0.611. The number of nitrogens with zero attached hydrogens (tertiary/aromatic N) is 1. The van der Waals surface area contributed by atoms with Crippen LogP contribution in [0.3, 0.4) is 0 Å². The van der Waals surface area contributed by atoms with E-state index in [1.54, 1.807) is 0 Å². The zero-order valence-corrected chi connectivity index (χ0v) is 19.6. The quantitative estimate of drug-likeness (QED) is 0.543. The number of carboxylic acid groups (broad SMARTS) is 1. The van der Waals surface area contributed by atoms with Crippen LogP contribution in [-0.4, -0.2) is 34.2 Å². The highest BCUT2D eigenvalue weighted by Crippen LogP contribution is 2.39. The number of ether oxygens (including phenoxy) is 1. The average Bonchev–Trinajstić information content (AvgIpc) is 2.80. The zero-order chi connectivity index (χ0) is 22.9. The van der Waals surface area contributed by atoms with Gasteiger partial charge >= 0.3 is 5.97 Å². The molecule has 2 bridgehead atoms. The Morgan fingerprint density at radius 3 is 2.45 bits per heavy atom. The molecule has 3 aliphatic rings. The Morgan fingerprint density at radius 1 is 1.06 bits per heavy atom. The number of halogens is 1. The van der Waals surface area contributed by atoms with Crippen molar-refractivity contribution in [3.63, 3.8) is 0 Å². The largest absolute Gasteiger partial charge is 0.490 e. The van der Waals surface area contributed by atoms with Crippen LogP contribution in [0.5, 0.6) is 5.75 Å². The van der Waals surface area contributed by atoms with Gasteiger partial charge in [0, 0.05) is 24.2 Å². The molecular formula is C28H36FNO3. The van der Waals surface area contributed by atoms with Gasteiger partial charge in [-0.25, -0.2) is 4.39 Å². The summed E-state index contributed by atoms with van der Waals surface area (Å²) >= 11 is 0. The lowest BCUT2D eigenvalue weighted by Gasteiger charge is -2.48. The van der Waals surface area contributed by atoms with E-state index in [0.29, 0.717) is 23.4 Å². The Kier molecular flexibility index (Phi) is 6.60. The molecule has 5 rings (SSSR count). The number of piperidine rings is 2. The smallest absolute Gasteiger partial charge is 0.306 e. The molecule has 3 fully saturated rings. The van der Waals surface area contributed by atoms with Crippen LogP contribution in [0.2, 0.25) is 0 Å². The highest BCUT2D eigenvalue weighted by molar-refractivity contribution is 5.88. The van der Waals surface area contributed by atoms with Crippen molar-refractivity contribution in [1.29, 1.82) is 0 Å². The molecule has 0 amide bonds. The maximum absolute atomic E-state index is 14.1. The number of carbonyl (C=O) groups is 1. The number of rotatable bonds is 6. The van der Waals surface area contributed by atoms with Gasteiger partial charge in [0.25, 0.3) is 0 Å². The van der Waals surface area contributed by atoms with Crippen LogP contribution < -0.4 is 4.74 Å². The van der Waals surface area contributed by atoms with E-state index < -0.39 is 12.6 Å².